The first-order valence-electron chi connectivity index (χ1n) is 4.66. The van der Waals surface area contributed by atoms with Crippen molar-refractivity contribution in [1.29, 1.82) is 0 Å². The highest BCUT2D eigenvalue weighted by molar-refractivity contribution is 4.87. The molecule has 0 aromatic rings. The van der Waals surface area contributed by atoms with Crippen molar-refractivity contribution in [2.75, 3.05) is 13.6 Å². The molecule has 0 aromatic carbocycles. The zero-order valence-electron chi connectivity index (χ0n) is 7.85. The van der Waals surface area contributed by atoms with Crippen molar-refractivity contribution in [2.24, 2.45) is 5.92 Å². The summed E-state index contributed by atoms with van der Waals surface area (Å²) in [5.41, 5.74) is 0. The van der Waals surface area contributed by atoms with Crippen LogP contribution < -0.4 is 10.6 Å². The van der Waals surface area contributed by atoms with E-state index in [1.807, 2.05) is 0 Å². The van der Waals surface area contributed by atoms with E-state index in [2.05, 4.69) is 31.5 Å². The molecule has 1 rings (SSSR count). The Hall–Kier alpha value is -0.0800. The molecule has 0 aromatic heterocycles. The van der Waals surface area contributed by atoms with Crippen LogP contribution in [0.3, 0.4) is 0 Å². The third-order valence-electron chi connectivity index (χ3n) is 2.58. The van der Waals surface area contributed by atoms with Crippen LogP contribution in [0.4, 0.5) is 0 Å². The van der Waals surface area contributed by atoms with Crippen molar-refractivity contribution in [3.63, 3.8) is 0 Å². The molecule has 0 amide bonds. The molecule has 2 unspecified atom stereocenters. The molecule has 66 valence electrons. The average molecular weight is 156 g/mol. The molecule has 1 aliphatic rings. The number of nitrogens with one attached hydrogen (secondary N) is 2. The topological polar surface area (TPSA) is 24.1 Å². The van der Waals surface area contributed by atoms with Crippen LogP contribution in [0.1, 0.15) is 26.7 Å². The van der Waals surface area contributed by atoms with Gasteiger partial charge in [0.05, 0.1) is 0 Å². The number of hydrogen-bond donors (Lipinski definition) is 2. The van der Waals surface area contributed by atoms with Crippen LogP contribution in [0.5, 0.6) is 0 Å². The summed E-state index contributed by atoms with van der Waals surface area (Å²) in [6.45, 7) is 5.76. The molecule has 2 heteroatoms. The lowest BCUT2D eigenvalue weighted by Gasteiger charge is -2.26. The van der Waals surface area contributed by atoms with E-state index in [4.69, 9.17) is 0 Å². The van der Waals surface area contributed by atoms with Crippen LogP contribution >= 0.6 is 0 Å². The molecular weight excluding hydrogens is 136 g/mol. The van der Waals surface area contributed by atoms with Crippen LogP contribution in [0.25, 0.3) is 0 Å². The van der Waals surface area contributed by atoms with Crippen molar-refractivity contribution in [2.45, 2.75) is 38.8 Å². The Kier molecular flexibility index (Phi) is 3.34. The highest BCUT2D eigenvalue weighted by atomic mass is 15.0. The smallest absolute Gasteiger partial charge is 0.0241 e. The molecule has 0 aliphatic carbocycles. The first-order chi connectivity index (χ1) is 5.25. The minimum Gasteiger partial charge on any atom is -0.315 e. The van der Waals surface area contributed by atoms with Gasteiger partial charge >= 0.3 is 0 Å². The number of rotatable bonds is 3. The third kappa shape index (κ3) is 2.17. The Balaban J connectivity index is 2.40. The van der Waals surface area contributed by atoms with Crippen LogP contribution in [-0.2, 0) is 0 Å². The highest BCUT2D eigenvalue weighted by Crippen LogP contribution is 2.14. The molecule has 0 bridgehead atoms. The fraction of sp³-hybridized carbons (Fsp3) is 1.00. The van der Waals surface area contributed by atoms with Crippen LogP contribution in [0.2, 0.25) is 0 Å². The van der Waals surface area contributed by atoms with Crippen molar-refractivity contribution < 1.29 is 0 Å². The van der Waals surface area contributed by atoms with Gasteiger partial charge in [0.2, 0.25) is 0 Å². The summed E-state index contributed by atoms with van der Waals surface area (Å²) in [7, 11) is 2.06. The van der Waals surface area contributed by atoms with E-state index >= 15 is 0 Å². The summed E-state index contributed by atoms with van der Waals surface area (Å²) in [4.78, 5) is 0. The van der Waals surface area contributed by atoms with Gasteiger partial charge in [-0.25, -0.2) is 0 Å². The zero-order valence-corrected chi connectivity index (χ0v) is 7.85. The van der Waals surface area contributed by atoms with Crippen molar-refractivity contribution >= 4 is 0 Å². The van der Waals surface area contributed by atoms with Gasteiger partial charge in [-0.1, -0.05) is 13.8 Å². The standard InChI is InChI=1S/C9H20N2/c1-7(2)9(10-3)8-5-4-6-11-8/h7-11H,4-6H2,1-3H3. The summed E-state index contributed by atoms with van der Waals surface area (Å²) in [5, 5.41) is 6.91. The molecule has 0 radical (unpaired) electrons. The van der Waals surface area contributed by atoms with Crippen molar-refractivity contribution in [1.82, 2.24) is 10.6 Å². The predicted octanol–water partition coefficient (Wildman–Crippen LogP) is 0.982. The minimum atomic E-state index is 0.650. The normalized spacial score (nSPS) is 27.8. The number of likely N-dealkylation sites (N-methyl/N-ethyl adjacent to an activating group) is 1. The van der Waals surface area contributed by atoms with E-state index in [0.29, 0.717) is 12.1 Å². The zero-order chi connectivity index (χ0) is 8.27. The third-order valence-corrected chi connectivity index (χ3v) is 2.58. The number of hydrogen-bond acceptors (Lipinski definition) is 2. The van der Waals surface area contributed by atoms with E-state index in [0.717, 1.165) is 5.92 Å². The molecule has 2 atom stereocenters. The van der Waals surface area contributed by atoms with E-state index in [1.165, 1.54) is 19.4 Å². The molecule has 1 aliphatic heterocycles. The van der Waals surface area contributed by atoms with Gasteiger partial charge in [0.1, 0.15) is 0 Å². The van der Waals surface area contributed by atoms with Gasteiger partial charge in [-0.3, -0.25) is 0 Å². The van der Waals surface area contributed by atoms with Crippen molar-refractivity contribution in [3.05, 3.63) is 0 Å². The van der Waals surface area contributed by atoms with E-state index in [-0.39, 0.29) is 0 Å². The Morgan fingerprint density at radius 1 is 1.45 bits per heavy atom. The first-order valence-corrected chi connectivity index (χ1v) is 4.66. The van der Waals surface area contributed by atoms with E-state index < -0.39 is 0 Å². The molecule has 0 saturated carbocycles. The Morgan fingerprint density at radius 3 is 2.55 bits per heavy atom. The summed E-state index contributed by atoms with van der Waals surface area (Å²) in [6, 6.07) is 1.36. The summed E-state index contributed by atoms with van der Waals surface area (Å²) < 4.78 is 0. The molecule has 0 spiro atoms. The SMILES string of the molecule is CNC(C(C)C)C1CCCN1. The molecule has 1 saturated heterocycles. The molecular formula is C9H20N2. The van der Waals surface area contributed by atoms with Crippen molar-refractivity contribution in [3.8, 4) is 0 Å². The fourth-order valence-electron chi connectivity index (χ4n) is 2.02. The lowest BCUT2D eigenvalue weighted by atomic mass is 9.96. The van der Waals surface area contributed by atoms with Gasteiger partial charge in [-0.05, 0) is 32.4 Å². The first kappa shape index (κ1) is 9.01. The molecule has 2 nitrogen and oxygen atoms in total. The van der Waals surface area contributed by atoms with Gasteiger partial charge in [-0.2, -0.15) is 0 Å². The predicted molar refractivity (Wildman–Crippen MR) is 48.7 cm³/mol. The minimum absolute atomic E-state index is 0.650. The maximum absolute atomic E-state index is 3.53. The molecule has 11 heavy (non-hydrogen) atoms. The highest BCUT2D eigenvalue weighted by Gasteiger charge is 2.24. The van der Waals surface area contributed by atoms with Gasteiger partial charge in [0.15, 0.2) is 0 Å². The van der Waals surface area contributed by atoms with Gasteiger partial charge in [-0.15, -0.1) is 0 Å². The average Bonchev–Trinajstić information content (AvgIpc) is 2.40. The van der Waals surface area contributed by atoms with E-state index in [9.17, 15) is 0 Å². The second-order valence-corrected chi connectivity index (χ2v) is 3.76. The molecule has 1 fully saturated rings. The maximum atomic E-state index is 3.53. The Labute approximate surface area is 69.8 Å². The van der Waals surface area contributed by atoms with Crippen LogP contribution in [-0.4, -0.2) is 25.7 Å². The monoisotopic (exact) mass is 156 g/mol. The summed E-state index contributed by atoms with van der Waals surface area (Å²) >= 11 is 0. The summed E-state index contributed by atoms with van der Waals surface area (Å²) in [5.74, 6) is 0.732. The van der Waals surface area contributed by atoms with Crippen LogP contribution in [0.15, 0.2) is 0 Å². The fourth-order valence-corrected chi connectivity index (χ4v) is 2.02. The Bertz CT molecular complexity index is 106. The lowest BCUT2D eigenvalue weighted by molar-refractivity contribution is 0.340. The summed E-state index contributed by atoms with van der Waals surface area (Å²) in [6.07, 6.45) is 2.68. The largest absolute Gasteiger partial charge is 0.315 e. The van der Waals surface area contributed by atoms with E-state index in [1.54, 1.807) is 0 Å². The van der Waals surface area contributed by atoms with Gasteiger partial charge in [0.25, 0.3) is 0 Å². The van der Waals surface area contributed by atoms with Crippen LogP contribution in [0, 0.1) is 5.92 Å². The quantitative estimate of drug-likeness (QED) is 0.636. The second-order valence-electron chi connectivity index (χ2n) is 3.76. The maximum Gasteiger partial charge on any atom is 0.0241 e. The second kappa shape index (κ2) is 4.07. The Morgan fingerprint density at radius 2 is 2.18 bits per heavy atom. The lowest BCUT2D eigenvalue weighted by Crippen LogP contribution is -2.46. The molecule has 2 N–H and O–H groups in total. The molecule has 1 heterocycles. The van der Waals surface area contributed by atoms with Gasteiger partial charge < -0.3 is 10.6 Å². The van der Waals surface area contributed by atoms with Gasteiger partial charge in [0, 0.05) is 12.1 Å².